The van der Waals surface area contributed by atoms with E-state index in [1.165, 1.54) is 25.1 Å². The zero-order valence-electron chi connectivity index (χ0n) is 16.6. The van der Waals surface area contributed by atoms with Gasteiger partial charge in [-0.15, -0.1) is 0 Å². The van der Waals surface area contributed by atoms with Crippen molar-refractivity contribution in [3.8, 4) is 5.75 Å². The van der Waals surface area contributed by atoms with E-state index in [1.54, 1.807) is 6.07 Å². The summed E-state index contributed by atoms with van der Waals surface area (Å²) in [5, 5.41) is 52.7. The van der Waals surface area contributed by atoms with E-state index < -0.39 is 58.1 Å². The number of carbonyl (C=O) groups is 3. The number of fused-ring (bicyclic) bond motifs is 3. The first kappa shape index (κ1) is 21.8. The molecule has 1 aromatic rings. The number of hydrogen-bond donors (Lipinski definition) is 5. The van der Waals surface area contributed by atoms with Crippen LogP contribution in [0.3, 0.4) is 0 Å². The van der Waals surface area contributed by atoms with Crippen LogP contribution in [0.1, 0.15) is 17.5 Å². The number of aliphatic hydroxyl groups is 3. The van der Waals surface area contributed by atoms with Gasteiger partial charge in [-0.2, -0.15) is 0 Å². The molecule has 3 aliphatic carbocycles. The number of benzene rings is 1. The van der Waals surface area contributed by atoms with Crippen molar-refractivity contribution in [3.05, 3.63) is 43.7 Å². The second kappa shape index (κ2) is 7.04. The monoisotopic (exact) mass is 541 g/mol. The van der Waals surface area contributed by atoms with Gasteiger partial charge in [-0.05, 0) is 73.1 Å². The number of aromatic hydroxyl groups is 1. The van der Waals surface area contributed by atoms with Crippen LogP contribution in [0, 0.1) is 15.4 Å². The highest BCUT2D eigenvalue weighted by Gasteiger charge is 2.64. The van der Waals surface area contributed by atoms with Gasteiger partial charge < -0.3 is 25.5 Å². The fraction of sp³-hybridized carbons (Fsp3) is 0.381. The van der Waals surface area contributed by atoms with Crippen LogP contribution in [0.5, 0.6) is 5.75 Å². The number of hydrogen-bond acceptors (Lipinski definition) is 8. The molecule has 0 radical (unpaired) electrons. The molecule has 31 heavy (non-hydrogen) atoms. The molecule has 0 spiro atoms. The molecule has 9 nitrogen and oxygen atoms in total. The van der Waals surface area contributed by atoms with E-state index in [4.69, 9.17) is 0 Å². The number of carboxylic acids is 1. The fourth-order valence-electron chi connectivity index (χ4n) is 5.17. The molecule has 0 bridgehead atoms. The van der Waals surface area contributed by atoms with Crippen LogP contribution >= 0.6 is 22.6 Å². The Labute approximate surface area is 190 Å². The predicted octanol–water partition coefficient (Wildman–Crippen LogP) is 1.17. The molecule has 0 aromatic heterocycles. The van der Waals surface area contributed by atoms with Crippen LogP contribution in [-0.2, 0) is 20.8 Å². The number of aliphatic hydroxyl groups excluding tert-OH is 2. The Bertz CT molecular complexity index is 1120. The average molecular weight is 541 g/mol. The summed E-state index contributed by atoms with van der Waals surface area (Å²) >= 11 is 2.06. The molecular formula is C21H20INO8. The molecule has 1 unspecified atom stereocenters. The molecule has 0 aliphatic heterocycles. The Morgan fingerprint density at radius 3 is 2.42 bits per heavy atom. The first-order valence-corrected chi connectivity index (χ1v) is 10.6. The summed E-state index contributed by atoms with van der Waals surface area (Å²) < 4.78 is 0.768. The molecule has 3 aliphatic rings. The molecule has 0 heterocycles. The van der Waals surface area contributed by atoms with Crippen molar-refractivity contribution in [2.75, 3.05) is 14.1 Å². The van der Waals surface area contributed by atoms with E-state index in [-0.39, 0.29) is 29.7 Å². The topological polar surface area (TPSA) is 156 Å². The lowest BCUT2D eigenvalue weighted by Crippen LogP contribution is -2.65. The maximum absolute atomic E-state index is 13.5. The zero-order chi connectivity index (χ0) is 23.0. The number of halogens is 1. The van der Waals surface area contributed by atoms with E-state index in [1.807, 2.05) is 0 Å². The summed E-state index contributed by atoms with van der Waals surface area (Å²) in [5.41, 5.74) is -3.21. The molecule has 0 saturated heterocycles. The molecule has 4 rings (SSSR count). The van der Waals surface area contributed by atoms with Crippen molar-refractivity contribution in [1.29, 1.82) is 0 Å². The van der Waals surface area contributed by atoms with Crippen molar-refractivity contribution in [2.45, 2.75) is 24.5 Å². The highest BCUT2D eigenvalue weighted by atomic mass is 127. The number of aliphatic carboxylic acids is 1. The largest absolute Gasteiger partial charge is 0.508 e. The van der Waals surface area contributed by atoms with E-state index in [0.29, 0.717) is 5.56 Å². The van der Waals surface area contributed by atoms with Gasteiger partial charge in [0.1, 0.15) is 17.1 Å². The molecule has 4 atom stereocenters. The lowest BCUT2D eigenvalue weighted by molar-refractivity contribution is -0.155. The molecule has 1 saturated carbocycles. The molecule has 164 valence electrons. The quantitative estimate of drug-likeness (QED) is 0.274. The van der Waals surface area contributed by atoms with E-state index in [0.717, 1.165) is 3.57 Å². The average Bonchev–Trinajstić information content (AvgIpc) is 2.67. The second-order valence-corrected chi connectivity index (χ2v) is 9.48. The summed E-state index contributed by atoms with van der Waals surface area (Å²) in [6.45, 7) is 0. The molecule has 1 aromatic carbocycles. The van der Waals surface area contributed by atoms with Gasteiger partial charge in [-0.25, -0.2) is 4.79 Å². The number of rotatable bonds is 2. The number of phenols is 1. The van der Waals surface area contributed by atoms with E-state index >= 15 is 0 Å². The number of carboxylic acid groups (broad SMARTS) is 1. The summed E-state index contributed by atoms with van der Waals surface area (Å²) in [4.78, 5) is 39.5. The first-order chi connectivity index (χ1) is 14.4. The molecule has 1 fully saturated rings. The molecular weight excluding hydrogens is 521 g/mol. The second-order valence-electron chi connectivity index (χ2n) is 8.32. The Kier molecular flexibility index (Phi) is 4.94. The van der Waals surface area contributed by atoms with Crippen LogP contribution in [0.15, 0.2) is 29.0 Å². The van der Waals surface area contributed by atoms with Crippen molar-refractivity contribution < 1.29 is 39.9 Å². The van der Waals surface area contributed by atoms with E-state index in [2.05, 4.69) is 22.6 Å². The predicted molar refractivity (Wildman–Crippen MR) is 115 cm³/mol. The minimum absolute atomic E-state index is 0.0400. The minimum Gasteiger partial charge on any atom is -0.508 e. The number of phenolic OH excluding ortho intramolecular Hbond substituents is 1. The van der Waals surface area contributed by atoms with Gasteiger partial charge in [0, 0.05) is 15.1 Å². The number of likely N-dealkylation sites (N-methyl/N-ethyl adjacent to an activating group) is 1. The maximum Gasteiger partial charge on any atom is 0.342 e. The third kappa shape index (κ3) is 2.77. The number of Topliss-reactive ketones (excluding diaryl/α,β-unsaturated/α-hetero) is 2. The molecule has 5 N–H and O–H groups in total. The maximum atomic E-state index is 13.5. The number of ketones is 2. The Balaban J connectivity index is 1.99. The Morgan fingerprint density at radius 2 is 1.84 bits per heavy atom. The van der Waals surface area contributed by atoms with Gasteiger partial charge in [-0.3, -0.25) is 14.5 Å². The summed E-state index contributed by atoms with van der Waals surface area (Å²) in [5.74, 6) is -7.38. The van der Waals surface area contributed by atoms with Crippen molar-refractivity contribution in [3.63, 3.8) is 0 Å². The van der Waals surface area contributed by atoms with Gasteiger partial charge in [0.15, 0.2) is 17.1 Å². The van der Waals surface area contributed by atoms with Crippen LogP contribution in [-0.4, -0.2) is 73.7 Å². The van der Waals surface area contributed by atoms with Crippen LogP contribution in [0.4, 0.5) is 0 Å². The van der Waals surface area contributed by atoms with Crippen LogP contribution in [0.2, 0.25) is 0 Å². The molecule has 0 amide bonds. The van der Waals surface area contributed by atoms with Gasteiger partial charge >= 0.3 is 5.97 Å². The highest BCUT2D eigenvalue weighted by Crippen LogP contribution is 2.52. The Hall–Kier alpha value is -2.44. The smallest absolute Gasteiger partial charge is 0.342 e. The van der Waals surface area contributed by atoms with Gasteiger partial charge in [0.2, 0.25) is 5.78 Å². The van der Waals surface area contributed by atoms with Crippen molar-refractivity contribution in [2.24, 2.45) is 11.8 Å². The first-order valence-electron chi connectivity index (χ1n) is 9.51. The highest BCUT2D eigenvalue weighted by molar-refractivity contribution is 14.1. The third-order valence-corrected chi connectivity index (χ3v) is 7.53. The normalized spacial score (nSPS) is 30.3. The fourth-order valence-corrected chi connectivity index (χ4v) is 5.84. The van der Waals surface area contributed by atoms with Crippen molar-refractivity contribution >= 4 is 45.9 Å². The summed E-state index contributed by atoms with van der Waals surface area (Å²) in [6.07, 6.45) is 0.308. The standard InChI is InChI=1S/C21H20INO8/c1-23(2)15-9-6-7-5-8-10(22)3-4-11(24)13(8)16(25)12(7)18(27)21(9,31)19(28)14(17(15)26)20(29)30/h3-4,7,9,15,24-25,28,31H,5-6H2,1-2H3,(H,29,30)/t7-,9-,15?,21-/m0/s1. The number of nitrogens with zero attached hydrogens (tertiary/aromatic N) is 1. The van der Waals surface area contributed by atoms with E-state index in [9.17, 15) is 39.9 Å². The SMILES string of the molecule is CN(C)C1C(=O)C(C(=O)O)=C(O)[C@@]2(O)C(=O)C3=C(O)c4c(O)ccc(I)c4C[C@H]3C[C@@H]12. The lowest BCUT2D eigenvalue weighted by atomic mass is 9.57. The van der Waals surface area contributed by atoms with Gasteiger partial charge in [0.25, 0.3) is 0 Å². The summed E-state index contributed by atoms with van der Waals surface area (Å²) in [6, 6.07) is 1.89. The molecule has 10 heteroatoms. The van der Waals surface area contributed by atoms with Crippen molar-refractivity contribution in [1.82, 2.24) is 4.90 Å². The minimum atomic E-state index is -2.69. The van der Waals surface area contributed by atoms with Crippen LogP contribution in [0.25, 0.3) is 5.76 Å². The van der Waals surface area contributed by atoms with Gasteiger partial charge in [-0.1, -0.05) is 0 Å². The van der Waals surface area contributed by atoms with Gasteiger partial charge in [0.05, 0.1) is 11.6 Å². The van der Waals surface area contributed by atoms with Crippen LogP contribution < -0.4 is 0 Å². The summed E-state index contributed by atoms with van der Waals surface area (Å²) in [7, 11) is 3.05. The zero-order valence-corrected chi connectivity index (χ0v) is 18.7. The number of carbonyl (C=O) groups excluding carboxylic acids is 2. The lowest BCUT2D eigenvalue weighted by Gasteiger charge is -2.50. The Morgan fingerprint density at radius 1 is 1.19 bits per heavy atom. The third-order valence-electron chi connectivity index (χ3n) is 6.51.